The number of alkyl carbamates (subject to hydrolysis) is 1. The number of thioether (sulfide) groups is 1. The molecule has 4 rings (SSSR count). The minimum atomic E-state index is -1.00. The fourth-order valence-electron chi connectivity index (χ4n) is 4.32. The van der Waals surface area contributed by atoms with E-state index in [2.05, 4.69) is 25.1 Å². The summed E-state index contributed by atoms with van der Waals surface area (Å²) in [6.07, 6.45) is -0.528. The number of amides is 3. The SMILES string of the molecule is CC1=C(C(=O)OCOC(=O)C(C)(C)C)N2C(=O)C(NC(=O)C(=NOCc3ccc(CNC(=O)OC(C)(C)C)cc3)c3nsc(N)n3)[C@@H]2SC1. The van der Waals surface area contributed by atoms with Crippen LogP contribution < -0.4 is 16.4 Å². The monoisotopic (exact) mass is 717 g/mol. The third kappa shape index (κ3) is 9.69. The molecule has 1 aromatic heterocycles. The maximum Gasteiger partial charge on any atom is 0.407 e. The number of benzene rings is 1. The molecule has 0 saturated carbocycles. The minimum absolute atomic E-state index is 0.0224. The Morgan fingerprint density at radius 1 is 1.06 bits per heavy atom. The predicted molar refractivity (Wildman–Crippen MR) is 179 cm³/mol. The van der Waals surface area contributed by atoms with Crippen LogP contribution in [0.2, 0.25) is 0 Å². The zero-order valence-electron chi connectivity index (χ0n) is 28.1. The number of aromatic nitrogens is 2. The van der Waals surface area contributed by atoms with Gasteiger partial charge in [0.2, 0.25) is 18.3 Å². The molecule has 2 aliphatic rings. The number of esters is 2. The van der Waals surface area contributed by atoms with E-state index in [1.807, 2.05) is 0 Å². The Labute approximate surface area is 291 Å². The third-order valence-corrected chi connectivity index (χ3v) is 8.71. The van der Waals surface area contributed by atoms with Gasteiger partial charge in [-0.25, -0.2) is 9.59 Å². The van der Waals surface area contributed by atoms with Crippen molar-refractivity contribution in [1.82, 2.24) is 24.9 Å². The van der Waals surface area contributed by atoms with Gasteiger partial charge in [-0.2, -0.15) is 9.36 Å². The summed E-state index contributed by atoms with van der Waals surface area (Å²) in [4.78, 5) is 74.3. The Balaban J connectivity index is 1.37. The standard InChI is InChI=1S/C31H39N7O9S2/c1-16-14-48-25-20(24(40)38(25)21(16)26(41)44-15-45-27(42)30(2,3)4)34-23(39)19(22-35-28(32)49-37-22)36-46-13-18-10-8-17(9-11-18)12-33-29(43)47-31(5,6)7/h8-11,20,25H,12-15H2,1-7H3,(H,33,43)(H,34,39)(H2,32,35,37)/t20?,25-/m0/s1. The molecule has 0 bridgehead atoms. The van der Waals surface area contributed by atoms with Crippen molar-refractivity contribution in [3.8, 4) is 0 Å². The summed E-state index contributed by atoms with van der Waals surface area (Å²) in [5.74, 6) is -2.41. The van der Waals surface area contributed by atoms with Gasteiger partial charge < -0.3 is 35.4 Å². The number of hydrogen-bond acceptors (Lipinski definition) is 15. The van der Waals surface area contributed by atoms with Gasteiger partial charge in [0.1, 0.15) is 29.3 Å². The van der Waals surface area contributed by atoms with Gasteiger partial charge in [0.15, 0.2) is 5.13 Å². The Bertz CT molecular complexity index is 1660. The lowest BCUT2D eigenvalue weighted by Gasteiger charge is -2.49. The van der Waals surface area contributed by atoms with Crippen LogP contribution in [0, 0.1) is 5.41 Å². The Kier molecular flexibility index (Phi) is 11.5. The summed E-state index contributed by atoms with van der Waals surface area (Å²) in [7, 11) is 0. The van der Waals surface area contributed by atoms with Crippen LogP contribution in [-0.4, -0.2) is 79.4 Å². The van der Waals surface area contributed by atoms with Gasteiger partial charge in [0.25, 0.3) is 11.8 Å². The summed E-state index contributed by atoms with van der Waals surface area (Å²) in [5, 5.41) is 8.80. The van der Waals surface area contributed by atoms with Crippen molar-refractivity contribution < 1.29 is 43.0 Å². The molecular formula is C31H39N7O9S2. The molecule has 1 fully saturated rings. The van der Waals surface area contributed by atoms with Crippen LogP contribution in [0.1, 0.15) is 65.4 Å². The van der Waals surface area contributed by atoms with Crippen LogP contribution in [0.4, 0.5) is 9.93 Å². The molecule has 264 valence electrons. The Morgan fingerprint density at radius 2 is 1.73 bits per heavy atom. The summed E-state index contributed by atoms with van der Waals surface area (Å²) in [5.41, 5.74) is 6.22. The molecule has 2 aromatic rings. The van der Waals surface area contributed by atoms with Crippen LogP contribution in [0.25, 0.3) is 0 Å². The van der Waals surface area contributed by atoms with Crippen LogP contribution in [0.3, 0.4) is 0 Å². The van der Waals surface area contributed by atoms with Gasteiger partial charge in [0, 0.05) is 23.8 Å². The van der Waals surface area contributed by atoms with E-state index >= 15 is 0 Å². The summed E-state index contributed by atoms with van der Waals surface area (Å²) >= 11 is 2.21. The van der Waals surface area contributed by atoms with E-state index in [0.717, 1.165) is 17.1 Å². The van der Waals surface area contributed by atoms with Crippen LogP contribution in [0.15, 0.2) is 40.7 Å². The van der Waals surface area contributed by atoms with Crippen molar-refractivity contribution in [2.24, 2.45) is 10.6 Å². The minimum Gasteiger partial charge on any atom is -0.444 e. The number of carbonyl (C=O) groups excluding carboxylic acids is 5. The second-order valence-corrected chi connectivity index (χ2v) is 15.0. The number of oxime groups is 1. The smallest absolute Gasteiger partial charge is 0.407 e. The van der Waals surface area contributed by atoms with Gasteiger partial charge in [-0.1, -0.05) is 29.4 Å². The average molecular weight is 718 g/mol. The van der Waals surface area contributed by atoms with E-state index in [1.165, 1.54) is 16.7 Å². The first-order chi connectivity index (χ1) is 22.9. The number of rotatable bonds is 11. The number of nitrogens with zero attached hydrogens (tertiary/aromatic N) is 4. The molecule has 16 nitrogen and oxygen atoms in total. The van der Waals surface area contributed by atoms with Gasteiger partial charge in [-0.05, 0) is 65.2 Å². The normalized spacial score (nSPS) is 17.8. The molecule has 3 heterocycles. The third-order valence-electron chi connectivity index (χ3n) is 6.75. The zero-order chi connectivity index (χ0) is 36.1. The lowest BCUT2D eigenvalue weighted by Crippen LogP contribution is -2.71. The molecule has 0 aliphatic carbocycles. The van der Waals surface area contributed by atoms with Crippen molar-refractivity contribution in [2.75, 3.05) is 18.3 Å². The number of nitrogen functional groups attached to an aromatic ring is 1. The highest BCUT2D eigenvalue weighted by Gasteiger charge is 2.54. The van der Waals surface area contributed by atoms with Crippen molar-refractivity contribution in [3.63, 3.8) is 0 Å². The number of nitrogens with two attached hydrogens (primary N) is 1. The fourth-order valence-corrected chi connectivity index (χ4v) is 6.05. The maximum absolute atomic E-state index is 13.4. The van der Waals surface area contributed by atoms with Crippen LogP contribution in [0.5, 0.6) is 0 Å². The molecule has 4 N–H and O–H groups in total. The molecule has 49 heavy (non-hydrogen) atoms. The number of carbonyl (C=O) groups is 5. The first-order valence-electron chi connectivity index (χ1n) is 15.1. The summed E-state index contributed by atoms with van der Waals surface area (Å²) in [6.45, 7) is 11.7. The average Bonchev–Trinajstić information content (AvgIpc) is 3.45. The summed E-state index contributed by atoms with van der Waals surface area (Å²) in [6, 6.07) is 6.13. The van der Waals surface area contributed by atoms with Gasteiger partial charge in [-0.3, -0.25) is 19.3 Å². The highest BCUT2D eigenvalue weighted by Crippen LogP contribution is 2.40. The maximum atomic E-state index is 13.4. The molecule has 1 aromatic carbocycles. The van der Waals surface area contributed by atoms with E-state index in [-0.39, 0.29) is 35.5 Å². The topological polar surface area (TPSA) is 214 Å². The Hall–Kier alpha value is -4.71. The second-order valence-electron chi connectivity index (χ2n) is 13.1. The molecule has 1 unspecified atom stereocenters. The molecule has 2 aliphatic heterocycles. The van der Waals surface area contributed by atoms with E-state index in [1.54, 1.807) is 72.7 Å². The van der Waals surface area contributed by atoms with E-state index in [0.29, 0.717) is 16.9 Å². The molecular weight excluding hydrogens is 679 g/mol. The first kappa shape index (κ1) is 37.1. The lowest BCUT2D eigenvalue weighted by atomic mass is 9.98. The number of β-lactam (4-membered cyclic amide) rings is 1. The van der Waals surface area contributed by atoms with Gasteiger partial charge in [0.05, 0.1) is 5.41 Å². The molecule has 3 amide bonds. The van der Waals surface area contributed by atoms with Crippen molar-refractivity contribution in [1.29, 1.82) is 0 Å². The number of hydrogen-bond donors (Lipinski definition) is 3. The molecule has 0 spiro atoms. The highest BCUT2D eigenvalue weighted by atomic mass is 32.2. The number of ether oxygens (including phenoxy) is 3. The highest BCUT2D eigenvalue weighted by molar-refractivity contribution is 8.00. The van der Waals surface area contributed by atoms with Crippen LogP contribution >= 0.6 is 23.3 Å². The fraction of sp³-hybridized carbons (Fsp3) is 0.484. The quantitative estimate of drug-likeness (QED) is 0.100. The lowest BCUT2D eigenvalue weighted by molar-refractivity contribution is -0.173. The largest absolute Gasteiger partial charge is 0.444 e. The molecule has 0 radical (unpaired) electrons. The molecule has 1 saturated heterocycles. The van der Waals surface area contributed by atoms with E-state index in [4.69, 9.17) is 24.8 Å². The number of anilines is 1. The second kappa shape index (κ2) is 15.2. The zero-order valence-corrected chi connectivity index (χ0v) is 29.8. The number of fused-ring (bicyclic) bond motifs is 1. The van der Waals surface area contributed by atoms with Crippen molar-refractivity contribution in [2.45, 2.75) is 78.6 Å². The molecule has 18 heteroatoms. The number of nitrogens with one attached hydrogen (secondary N) is 2. The predicted octanol–water partition coefficient (Wildman–Crippen LogP) is 2.83. The van der Waals surface area contributed by atoms with Crippen molar-refractivity contribution in [3.05, 3.63) is 52.5 Å². The van der Waals surface area contributed by atoms with E-state index in [9.17, 15) is 24.0 Å². The van der Waals surface area contributed by atoms with Gasteiger partial charge >= 0.3 is 18.0 Å². The first-order valence-corrected chi connectivity index (χ1v) is 16.9. The summed E-state index contributed by atoms with van der Waals surface area (Å²) < 4.78 is 19.5. The van der Waals surface area contributed by atoms with Crippen molar-refractivity contribution >= 4 is 64.0 Å². The van der Waals surface area contributed by atoms with E-state index < -0.39 is 59.1 Å². The molecule has 2 atom stereocenters. The van der Waals surface area contributed by atoms with Crippen LogP contribution in [-0.2, 0) is 51.4 Å². The van der Waals surface area contributed by atoms with Gasteiger partial charge in [-0.15, -0.1) is 11.8 Å². The Morgan fingerprint density at radius 3 is 2.35 bits per heavy atom.